The van der Waals surface area contributed by atoms with Crippen molar-refractivity contribution in [3.05, 3.63) is 54.7 Å². The van der Waals surface area contributed by atoms with Crippen molar-refractivity contribution in [1.29, 1.82) is 5.26 Å². The van der Waals surface area contributed by atoms with Crippen LogP contribution < -0.4 is 10.2 Å². The van der Waals surface area contributed by atoms with Crippen LogP contribution in [0.4, 0.5) is 19.0 Å². The smallest absolute Gasteiger partial charge is 0.356 e. The number of nitrogens with zero attached hydrogens (tertiary/aromatic N) is 7. The number of amides is 1. The number of fused-ring (bicyclic) bond motifs is 1. The molecule has 0 saturated carbocycles. The quantitative estimate of drug-likeness (QED) is 0.427. The minimum absolute atomic E-state index is 0.372. The number of anilines is 1. The fourth-order valence-corrected chi connectivity index (χ4v) is 4.54. The second kappa shape index (κ2) is 9.57. The third kappa shape index (κ3) is 5.11. The molecule has 0 radical (unpaired) electrons. The first-order chi connectivity index (χ1) is 17.7. The molecule has 1 atom stereocenters. The van der Waals surface area contributed by atoms with Crippen LogP contribution in [0.1, 0.15) is 18.4 Å². The highest BCUT2D eigenvalue weighted by molar-refractivity contribution is 5.87. The number of alkyl halides is 3. The summed E-state index contributed by atoms with van der Waals surface area (Å²) in [5, 5.41) is 20.6. The number of nitrogens with one attached hydrogen (secondary N) is 1. The lowest BCUT2D eigenvalue weighted by atomic mass is 10.0. The molecule has 0 aliphatic carbocycles. The molecule has 9 nitrogen and oxygen atoms in total. The average molecular weight is 509 g/mol. The minimum Gasteiger partial charge on any atom is -0.356 e. The van der Waals surface area contributed by atoms with Crippen molar-refractivity contribution in [2.45, 2.75) is 19.0 Å². The van der Waals surface area contributed by atoms with Gasteiger partial charge in [-0.15, -0.1) is 0 Å². The van der Waals surface area contributed by atoms with E-state index in [1.165, 1.54) is 6.20 Å². The van der Waals surface area contributed by atoms with E-state index in [2.05, 4.69) is 26.6 Å². The predicted octanol–water partition coefficient (Wildman–Crippen LogP) is 3.56. The Bertz CT molecular complexity index is 1480. The highest BCUT2D eigenvalue weighted by atomic mass is 19.4. The van der Waals surface area contributed by atoms with Gasteiger partial charge >= 0.3 is 6.18 Å². The molecule has 190 valence electrons. The SMILES string of the molecule is Cn1cc(-c2cc(-c3ccc(N4CC[C@@H](C(=O)NCCC(F)(F)F)C4)nc3)c3c(C#N)cnn3c2)cn1. The Morgan fingerprint density at radius 3 is 2.68 bits per heavy atom. The summed E-state index contributed by atoms with van der Waals surface area (Å²) >= 11 is 0. The zero-order chi connectivity index (χ0) is 26.2. The van der Waals surface area contributed by atoms with E-state index in [1.807, 2.05) is 42.5 Å². The van der Waals surface area contributed by atoms with Crippen LogP contribution in [0, 0.1) is 17.2 Å². The van der Waals surface area contributed by atoms with Crippen molar-refractivity contribution in [2.75, 3.05) is 24.5 Å². The third-order valence-electron chi connectivity index (χ3n) is 6.42. The number of hydrogen-bond donors (Lipinski definition) is 1. The van der Waals surface area contributed by atoms with Gasteiger partial charge in [-0.2, -0.15) is 28.6 Å². The number of carbonyl (C=O) groups is 1. The van der Waals surface area contributed by atoms with Crippen LogP contribution in [0.2, 0.25) is 0 Å². The Kier molecular flexibility index (Phi) is 6.29. The number of hydrogen-bond acceptors (Lipinski definition) is 6. The minimum atomic E-state index is -4.30. The maximum absolute atomic E-state index is 12.3. The Morgan fingerprint density at radius 1 is 1.16 bits per heavy atom. The van der Waals surface area contributed by atoms with Crippen molar-refractivity contribution in [1.82, 2.24) is 29.7 Å². The largest absolute Gasteiger partial charge is 0.390 e. The molecule has 0 spiro atoms. The van der Waals surface area contributed by atoms with Crippen LogP contribution in [0.3, 0.4) is 0 Å². The van der Waals surface area contributed by atoms with Crippen molar-refractivity contribution < 1.29 is 18.0 Å². The molecular formula is C25H23F3N8O. The molecule has 1 aliphatic rings. The molecule has 1 fully saturated rings. The molecule has 4 aromatic heterocycles. The van der Waals surface area contributed by atoms with Crippen LogP contribution in [0.5, 0.6) is 0 Å². The second-order valence-corrected chi connectivity index (χ2v) is 9.00. The molecule has 1 amide bonds. The first kappa shape index (κ1) is 24.3. The van der Waals surface area contributed by atoms with Crippen molar-refractivity contribution in [3.63, 3.8) is 0 Å². The monoisotopic (exact) mass is 508 g/mol. The van der Waals surface area contributed by atoms with Crippen LogP contribution in [-0.2, 0) is 11.8 Å². The van der Waals surface area contributed by atoms with Crippen molar-refractivity contribution >= 4 is 17.2 Å². The molecule has 0 unspecified atom stereocenters. The molecule has 1 aliphatic heterocycles. The van der Waals surface area contributed by atoms with Gasteiger partial charge in [-0.25, -0.2) is 9.50 Å². The number of pyridine rings is 2. The summed E-state index contributed by atoms with van der Waals surface area (Å²) in [5.41, 5.74) is 4.47. The maximum Gasteiger partial charge on any atom is 0.390 e. The molecule has 5 rings (SSSR count). The normalized spacial score (nSPS) is 15.8. The number of nitriles is 1. The maximum atomic E-state index is 12.3. The van der Waals surface area contributed by atoms with Crippen LogP contribution in [-0.4, -0.2) is 56.1 Å². The topological polar surface area (TPSA) is 104 Å². The van der Waals surface area contributed by atoms with Gasteiger partial charge in [-0.3, -0.25) is 9.48 Å². The molecule has 0 aromatic carbocycles. The number of aryl methyl sites for hydroxylation is 1. The summed E-state index contributed by atoms with van der Waals surface area (Å²) in [4.78, 5) is 18.8. The standard InChI is InChI=1S/C25H23F3N8O/c1-34-13-20(12-32-34)18-8-21(23-19(9-29)11-33-36(23)15-18)16-2-3-22(31-10-16)35-7-4-17(14-35)24(37)30-6-5-25(26,27)28/h2-3,8,10-13,15,17H,4-7,14H2,1H3,(H,30,37)/t17-/m1/s1. The van der Waals surface area contributed by atoms with E-state index in [4.69, 9.17) is 0 Å². The van der Waals surface area contributed by atoms with Gasteiger partial charge < -0.3 is 10.2 Å². The summed E-state index contributed by atoms with van der Waals surface area (Å²) in [5.74, 6) is -0.0963. The Morgan fingerprint density at radius 2 is 2.00 bits per heavy atom. The van der Waals surface area contributed by atoms with Gasteiger partial charge in [0, 0.05) is 67.5 Å². The zero-order valence-corrected chi connectivity index (χ0v) is 19.9. The number of halogens is 3. The lowest BCUT2D eigenvalue weighted by molar-refractivity contribution is -0.136. The van der Waals surface area contributed by atoms with E-state index in [0.717, 1.165) is 22.3 Å². The number of carbonyl (C=O) groups excluding carboxylic acids is 1. The molecule has 4 aromatic rings. The first-order valence-electron chi connectivity index (χ1n) is 11.7. The van der Waals surface area contributed by atoms with Gasteiger partial charge in [-0.1, -0.05) is 0 Å². The average Bonchev–Trinajstić information content (AvgIpc) is 3.62. The molecular weight excluding hydrogens is 485 g/mol. The van der Waals surface area contributed by atoms with E-state index < -0.39 is 25.1 Å². The van der Waals surface area contributed by atoms with E-state index in [-0.39, 0.29) is 5.91 Å². The predicted molar refractivity (Wildman–Crippen MR) is 129 cm³/mol. The van der Waals surface area contributed by atoms with Gasteiger partial charge in [0.1, 0.15) is 11.9 Å². The Labute approximate surface area is 210 Å². The summed E-state index contributed by atoms with van der Waals surface area (Å²) in [7, 11) is 1.84. The number of rotatable bonds is 6. The first-order valence-corrected chi connectivity index (χ1v) is 11.7. The summed E-state index contributed by atoms with van der Waals surface area (Å²) in [6.45, 7) is 0.537. The van der Waals surface area contributed by atoms with Gasteiger partial charge in [0.25, 0.3) is 0 Å². The third-order valence-corrected chi connectivity index (χ3v) is 6.42. The zero-order valence-electron chi connectivity index (χ0n) is 19.9. The lowest BCUT2D eigenvalue weighted by Gasteiger charge is -2.18. The van der Waals surface area contributed by atoms with E-state index >= 15 is 0 Å². The van der Waals surface area contributed by atoms with Crippen LogP contribution >= 0.6 is 0 Å². The highest BCUT2D eigenvalue weighted by Crippen LogP contribution is 2.33. The fraction of sp³-hybridized carbons (Fsp3) is 0.320. The summed E-state index contributed by atoms with van der Waals surface area (Å²) < 4.78 is 40.4. The Hall–Kier alpha value is -4.40. The van der Waals surface area contributed by atoms with Crippen LogP contribution in [0.25, 0.3) is 27.8 Å². The molecule has 5 heterocycles. The Balaban J connectivity index is 1.36. The van der Waals surface area contributed by atoms with Crippen molar-refractivity contribution in [2.24, 2.45) is 13.0 Å². The van der Waals surface area contributed by atoms with Crippen LogP contribution in [0.15, 0.2) is 49.2 Å². The molecule has 0 bridgehead atoms. The second-order valence-electron chi connectivity index (χ2n) is 9.00. The van der Waals surface area contributed by atoms with Gasteiger partial charge in [0.2, 0.25) is 5.91 Å². The van der Waals surface area contributed by atoms with E-state index in [1.54, 1.807) is 21.6 Å². The highest BCUT2D eigenvalue weighted by Gasteiger charge is 2.31. The van der Waals surface area contributed by atoms with E-state index in [9.17, 15) is 23.2 Å². The molecule has 12 heteroatoms. The lowest BCUT2D eigenvalue weighted by Crippen LogP contribution is -2.35. The van der Waals surface area contributed by atoms with Gasteiger partial charge in [0.05, 0.1) is 35.8 Å². The van der Waals surface area contributed by atoms with Crippen molar-refractivity contribution in [3.8, 4) is 28.3 Å². The fourth-order valence-electron chi connectivity index (χ4n) is 4.54. The molecule has 1 saturated heterocycles. The summed E-state index contributed by atoms with van der Waals surface area (Å²) in [6.07, 6.45) is 3.93. The van der Waals surface area contributed by atoms with Gasteiger partial charge in [0.15, 0.2) is 0 Å². The van der Waals surface area contributed by atoms with E-state index in [0.29, 0.717) is 36.4 Å². The molecule has 37 heavy (non-hydrogen) atoms. The summed E-state index contributed by atoms with van der Waals surface area (Å²) in [6, 6.07) is 7.90. The molecule has 1 N–H and O–H groups in total. The number of aromatic nitrogens is 5. The van der Waals surface area contributed by atoms with Gasteiger partial charge in [-0.05, 0) is 24.6 Å².